The van der Waals surface area contributed by atoms with Crippen LogP contribution in [0.4, 0.5) is 5.69 Å². The minimum absolute atomic E-state index is 0.0341. The van der Waals surface area contributed by atoms with E-state index < -0.39 is 7.82 Å². The first-order valence-electron chi connectivity index (χ1n) is 10.3. The molecule has 0 radical (unpaired) electrons. The highest BCUT2D eigenvalue weighted by molar-refractivity contribution is 7.46. The van der Waals surface area contributed by atoms with Gasteiger partial charge in [-0.05, 0) is 42.7 Å². The Bertz CT molecular complexity index is 1200. The van der Waals surface area contributed by atoms with Crippen molar-refractivity contribution in [3.05, 3.63) is 42.1 Å². The molecule has 0 aliphatic carbocycles. The molecule has 1 heterocycles. The fourth-order valence-corrected chi connectivity index (χ4v) is 3.84. The molecule has 0 amide bonds. The number of hydrogen-bond acceptors (Lipinski definition) is 6. The normalized spacial score (nSPS) is 11.6. The zero-order chi connectivity index (χ0) is 24.5. The number of benzene rings is 2. The van der Waals surface area contributed by atoms with Gasteiger partial charge in [0.2, 0.25) is 0 Å². The maximum absolute atomic E-state index is 10.6. The summed E-state index contributed by atoms with van der Waals surface area (Å²) < 4.78 is 21.4. The minimum Gasteiger partial charge on any atom is -0.508 e. The van der Waals surface area contributed by atoms with E-state index in [1.807, 2.05) is 32.7 Å². The maximum Gasteiger partial charge on any atom is 0.721 e. The number of hydrogen-bond donors (Lipinski definition) is 4. The number of imidazole rings is 1. The van der Waals surface area contributed by atoms with Crippen molar-refractivity contribution in [3.8, 4) is 40.2 Å². The topological polar surface area (TPSA) is 142 Å². The van der Waals surface area contributed by atoms with Gasteiger partial charge in [0.1, 0.15) is 17.2 Å². The fraction of sp³-hybridized carbons (Fsp3) is 0.318. The molecule has 0 saturated heterocycles. The summed E-state index contributed by atoms with van der Waals surface area (Å²) in [6.07, 6.45) is 1.37. The molecule has 2 aromatic carbocycles. The summed E-state index contributed by atoms with van der Waals surface area (Å²) in [5, 5.41) is 20.9. The average molecular weight is 478 g/mol. The van der Waals surface area contributed by atoms with Crippen LogP contribution in [0.5, 0.6) is 23.3 Å². The van der Waals surface area contributed by atoms with Crippen molar-refractivity contribution < 1.29 is 33.8 Å². The number of aromatic hydroxyl groups is 2. The van der Waals surface area contributed by atoms with Crippen LogP contribution in [0.25, 0.3) is 16.9 Å². The van der Waals surface area contributed by atoms with Crippen LogP contribution in [-0.4, -0.2) is 54.8 Å². The van der Waals surface area contributed by atoms with Crippen LogP contribution in [-0.2, 0) is 0 Å². The van der Waals surface area contributed by atoms with Gasteiger partial charge in [-0.25, -0.2) is 19.3 Å². The number of rotatable bonds is 8. The van der Waals surface area contributed by atoms with Gasteiger partial charge >= 0.3 is 13.8 Å². The van der Waals surface area contributed by atoms with Crippen molar-refractivity contribution in [1.29, 1.82) is 0 Å². The third kappa shape index (κ3) is 5.08. The predicted molar refractivity (Wildman–Crippen MR) is 126 cm³/mol. The molecule has 178 valence electrons. The summed E-state index contributed by atoms with van der Waals surface area (Å²) >= 11 is 0. The molecule has 0 saturated carbocycles. The highest BCUT2D eigenvalue weighted by atomic mass is 31.2. The molecule has 0 unspecified atom stereocenters. The van der Waals surface area contributed by atoms with E-state index >= 15 is 0 Å². The largest absolute Gasteiger partial charge is 0.721 e. The van der Waals surface area contributed by atoms with Crippen molar-refractivity contribution in [2.45, 2.75) is 26.7 Å². The van der Waals surface area contributed by atoms with E-state index in [0.29, 0.717) is 34.8 Å². The fourth-order valence-electron chi connectivity index (χ4n) is 3.50. The first-order valence-corrected chi connectivity index (χ1v) is 11.8. The Kier molecular flexibility index (Phi) is 6.92. The summed E-state index contributed by atoms with van der Waals surface area (Å²) in [5.74, 6) is 0.335. The predicted octanol–water partition coefficient (Wildman–Crippen LogP) is 3.95. The molecule has 0 aliphatic rings. The van der Waals surface area contributed by atoms with E-state index in [-0.39, 0.29) is 23.4 Å². The molecule has 0 fully saturated rings. The third-order valence-electron chi connectivity index (χ3n) is 5.28. The standard InChI is InChI=1S/C22H28N3O7P/c1-6-24(4)17-9-14(7-8-21(17)31-5)25-18(12-23-22(25)32-33(28,29)30)16-10-15(13(2)3)19(26)11-20(16)27/h7-13,26-27H,6H2,1-5H3,(H2,28,29,30)/p+1. The number of aromatic nitrogens is 2. The first-order chi connectivity index (χ1) is 15.5. The van der Waals surface area contributed by atoms with Crippen LogP contribution in [0.3, 0.4) is 0 Å². The van der Waals surface area contributed by atoms with Crippen molar-refractivity contribution in [3.63, 3.8) is 0 Å². The van der Waals surface area contributed by atoms with E-state index in [1.165, 1.54) is 16.8 Å². The lowest BCUT2D eigenvalue weighted by Crippen LogP contribution is -2.17. The molecule has 0 bridgehead atoms. The second kappa shape index (κ2) is 9.35. The second-order valence-corrected chi connectivity index (χ2v) is 9.03. The third-order valence-corrected chi connectivity index (χ3v) is 5.69. The number of nitrogens with zero attached hydrogens (tertiary/aromatic N) is 3. The Hall–Kier alpha value is -3.20. The molecule has 3 aromatic rings. The summed E-state index contributed by atoms with van der Waals surface area (Å²) in [6.45, 7) is 6.47. The molecular weight excluding hydrogens is 449 g/mol. The van der Waals surface area contributed by atoms with Crippen LogP contribution < -0.4 is 14.2 Å². The van der Waals surface area contributed by atoms with Gasteiger partial charge < -0.3 is 24.4 Å². The first kappa shape index (κ1) is 24.4. The van der Waals surface area contributed by atoms with Gasteiger partial charge in [-0.3, -0.25) is 4.57 Å². The van der Waals surface area contributed by atoms with Crippen LogP contribution in [0, 0.1) is 0 Å². The number of ether oxygens (including phenoxy) is 1. The summed E-state index contributed by atoms with van der Waals surface area (Å²) in [5.41, 5.74) is 2.53. The molecule has 1 aromatic heterocycles. The summed E-state index contributed by atoms with van der Waals surface area (Å²) in [4.78, 5) is 25.1. The Balaban J connectivity index is 2.31. The lowest BCUT2D eigenvalue weighted by molar-refractivity contribution is 0.295. The molecule has 0 aliphatic heterocycles. The van der Waals surface area contributed by atoms with Gasteiger partial charge in [0.15, 0.2) is 0 Å². The smallest absolute Gasteiger partial charge is 0.508 e. The quantitative estimate of drug-likeness (QED) is 0.282. The molecule has 11 heteroatoms. The Morgan fingerprint density at radius 3 is 2.42 bits per heavy atom. The van der Waals surface area contributed by atoms with Gasteiger partial charge in [-0.15, -0.1) is 0 Å². The second-order valence-electron chi connectivity index (χ2n) is 7.82. The van der Waals surface area contributed by atoms with Gasteiger partial charge in [-0.2, -0.15) is 0 Å². The highest BCUT2D eigenvalue weighted by Gasteiger charge is 2.31. The lowest BCUT2D eigenvalue weighted by Gasteiger charge is -2.22. The average Bonchev–Trinajstić information content (AvgIpc) is 3.13. The lowest BCUT2D eigenvalue weighted by atomic mass is 9.97. The van der Waals surface area contributed by atoms with E-state index in [4.69, 9.17) is 9.26 Å². The van der Waals surface area contributed by atoms with Gasteiger partial charge in [0.05, 0.1) is 30.4 Å². The van der Waals surface area contributed by atoms with E-state index in [1.54, 1.807) is 31.4 Å². The minimum atomic E-state index is -4.68. The SMILES string of the molecule is CCN(C)c1cc(-n2c(-c3cc(C(C)C)c(O)cc3O)cnc2OP(O)(O)=[OH+])ccc1OC. The molecule has 0 spiro atoms. The van der Waals surface area contributed by atoms with Crippen molar-refractivity contribution in [2.75, 3.05) is 25.6 Å². The maximum atomic E-state index is 10.6. The monoisotopic (exact) mass is 478 g/mol. The van der Waals surface area contributed by atoms with E-state index in [9.17, 15) is 24.6 Å². The van der Waals surface area contributed by atoms with E-state index in [2.05, 4.69) is 4.98 Å². The van der Waals surface area contributed by atoms with Gasteiger partial charge in [-0.1, -0.05) is 13.8 Å². The van der Waals surface area contributed by atoms with E-state index in [0.717, 1.165) is 5.69 Å². The molecule has 0 atom stereocenters. The van der Waals surface area contributed by atoms with Crippen LogP contribution in [0.2, 0.25) is 0 Å². The van der Waals surface area contributed by atoms with Crippen LogP contribution >= 0.6 is 7.82 Å². The van der Waals surface area contributed by atoms with Crippen molar-refractivity contribution in [2.24, 2.45) is 0 Å². The number of anilines is 1. The molecule has 33 heavy (non-hydrogen) atoms. The number of methoxy groups -OCH3 is 1. The number of phenols is 2. The Morgan fingerprint density at radius 2 is 1.85 bits per heavy atom. The van der Waals surface area contributed by atoms with Crippen molar-refractivity contribution in [1.82, 2.24) is 9.55 Å². The van der Waals surface area contributed by atoms with Gasteiger partial charge in [0.25, 0.3) is 0 Å². The zero-order valence-electron chi connectivity index (χ0n) is 19.1. The molecule has 3 rings (SSSR count). The Labute approximate surface area is 191 Å². The summed E-state index contributed by atoms with van der Waals surface area (Å²) in [6, 6.07) is 7.81. The highest BCUT2D eigenvalue weighted by Crippen LogP contribution is 2.44. The molecule has 10 nitrogen and oxygen atoms in total. The number of phenolic OH excluding ortho intramolecular Hbond substituents is 2. The van der Waals surface area contributed by atoms with Crippen LogP contribution in [0.15, 0.2) is 36.5 Å². The van der Waals surface area contributed by atoms with Crippen molar-refractivity contribution >= 4 is 13.5 Å². The van der Waals surface area contributed by atoms with Crippen LogP contribution in [0.1, 0.15) is 32.3 Å². The molecule has 5 N–H and O–H groups in total. The molecular formula is C22H29N3O7P+. The zero-order valence-corrected chi connectivity index (χ0v) is 20.0. The summed E-state index contributed by atoms with van der Waals surface area (Å²) in [7, 11) is -1.23. The Morgan fingerprint density at radius 1 is 1.15 bits per heavy atom. The van der Waals surface area contributed by atoms with Gasteiger partial charge in [0, 0.05) is 25.2 Å².